The van der Waals surface area contributed by atoms with Crippen molar-refractivity contribution in [1.29, 1.82) is 0 Å². The second-order valence-electron chi connectivity index (χ2n) is 8.08. The summed E-state index contributed by atoms with van der Waals surface area (Å²) in [7, 11) is 0. The minimum Gasteiger partial charge on any atom is -0.316 e. The fourth-order valence-electron chi connectivity index (χ4n) is 4.55. The predicted octanol–water partition coefficient (Wildman–Crippen LogP) is 5.25. The van der Waals surface area contributed by atoms with E-state index in [0.29, 0.717) is 0 Å². The zero-order chi connectivity index (χ0) is 14.4. The number of nitrogens with one attached hydrogen (secondary N) is 1. The van der Waals surface area contributed by atoms with E-state index < -0.39 is 0 Å². The Labute approximate surface area is 127 Å². The summed E-state index contributed by atoms with van der Waals surface area (Å²) in [6, 6.07) is 0. The molecule has 2 rings (SSSR count). The molecule has 2 unspecified atom stereocenters. The Balaban J connectivity index is 1.65. The van der Waals surface area contributed by atoms with E-state index in [1.807, 2.05) is 0 Å². The molecule has 1 nitrogen and oxygen atoms in total. The summed E-state index contributed by atoms with van der Waals surface area (Å²) in [5.41, 5.74) is 0. The largest absolute Gasteiger partial charge is 0.316 e. The van der Waals surface area contributed by atoms with E-state index in [1.165, 1.54) is 70.9 Å². The van der Waals surface area contributed by atoms with E-state index >= 15 is 0 Å². The molecule has 20 heavy (non-hydrogen) atoms. The molecule has 1 aliphatic heterocycles. The normalized spacial score (nSPS) is 33.3. The van der Waals surface area contributed by atoms with Gasteiger partial charge in [-0.05, 0) is 81.2 Å². The molecule has 0 amide bonds. The third-order valence-electron chi connectivity index (χ3n) is 6.06. The van der Waals surface area contributed by atoms with E-state index in [2.05, 4.69) is 26.1 Å². The molecule has 0 aromatic carbocycles. The highest BCUT2D eigenvalue weighted by molar-refractivity contribution is 4.82. The van der Waals surface area contributed by atoms with Gasteiger partial charge in [-0.2, -0.15) is 0 Å². The number of hydrogen-bond donors (Lipinski definition) is 1. The molecule has 118 valence electrons. The van der Waals surface area contributed by atoms with Crippen LogP contribution in [0, 0.1) is 29.6 Å². The standard InChI is InChI=1S/C19H37N/c1-15(2)6-4-7-16(3)17-9-11-18(12-10-17)19-8-5-13-20-14-19/h15-20H,4-14H2,1-3H3. The van der Waals surface area contributed by atoms with Crippen LogP contribution in [0.25, 0.3) is 0 Å². The molecule has 1 saturated heterocycles. The summed E-state index contributed by atoms with van der Waals surface area (Å²) in [6.45, 7) is 9.80. The average Bonchev–Trinajstić information content (AvgIpc) is 2.48. The topological polar surface area (TPSA) is 12.0 Å². The summed E-state index contributed by atoms with van der Waals surface area (Å²) in [4.78, 5) is 0. The molecule has 0 bridgehead atoms. The van der Waals surface area contributed by atoms with Crippen LogP contribution in [0.3, 0.4) is 0 Å². The van der Waals surface area contributed by atoms with E-state index in [4.69, 9.17) is 0 Å². The minimum absolute atomic E-state index is 0.886. The maximum absolute atomic E-state index is 3.60. The van der Waals surface area contributed by atoms with Crippen LogP contribution in [-0.4, -0.2) is 13.1 Å². The van der Waals surface area contributed by atoms with Gasteiger partial charge < -0.3 is 5.32 Å². The van der Waals surface area contributed by atoms with Crippen LogP contribution in [0.2, 0.25) is 0 Å². The summed E-state index contributed by atoms with van der Waals surface area (Å²) >= 11 is 0. The van der Waals surface area contributed by atoms with Gasteiger partial charge in [-0.1, -0.05) is 40.0 Å². The quantitative estimate of drug-likeness (QED) is 0.700. The lowest BCUT2D eigenvalue weighted by Crippen LogP contribution is -2.36. The number of piperidine rings is 1. The van der Waals surface area contributed by atoms with Gasteiger partial charge in [0.2, 0.25) is 0 Å². The van der Waals surface area contributed by atoms with Crippen LogP contribution >= 0.6 is 0 Å². The van der Waals surface area contributed by atoms with Crippen molar-refractivity contribution in [2.75, 3.05) is 13.1 Å². The van der Waals surface area contributed by atoms with Gasteiger partial charge in [0.25, 0.3) is 0 Å². The summed E-state index contributed by atoms with van der Waals surface area (Å²) in [5.74, 6) is 4.94. The Kier molecular flexibility index (Phi) is 6.87. The van der Waals surface area contributed by atoms with Gasteiger partial charge in [-0.25, -0.2) is 0 Å². The van der Waals surface area contributed by atoms with Gasteiger partial charge >= 0.3 is 0 Å². The molecule has 2 fully saturated rings. The minimum atomic E-state index is 0.886. The van der Waals surface area contributed by atoms with Gasteiger partial charge in [0, 0.05) is 0 Å². The number of rotatable bonds is 6. The van der Waals surface area contributed by atoms with Crippen LogP contribution in [0.1, 0.15) is 78.6 Å². The van der Waals surface area contributed by atoms with Gasteiger partial charge in [0.05, 0.1) is 0 Å². The van der Waals surface area contributed by atoms with Gasteiger partial charge in [-0.3, -0.25) is 0 Å². The second kappa shape index (κ2) is 8.41. The van der Waals surface area contributed by atoms with Crippen molar-refractivity contribution >= 4 is 0 Å². The SMILES string of the molecule is CC(C)CCCC(C)C1CCC(C2CCCNC2)CC1. The van der Waals surface area contributed by atoms with Crippen molar-refractivity contribution in [2.24, 2.45) is 29.6 Å². The fraction of sp³-hybridized carbons (Fsp3) is 1.00. The third kappa shape index (κ3) is 5.06. The summed E-state index contributed by atoms with van der Waals surface area (Å²) in [6.07, 6.45) is 13.3. The summed E-state index contributed by atoms with van der Waals surface area (Å²) < 4.78 is 0. The fourth-order valence-corrected chi connectivity index (χ4v) is 4.55. The first-order valence-electron chi connectivity index (χ1n) is 9.37. The number of hydrogen-bond acceptors (Lipinski definition) is 1. The second-order valence-corrected chi connectivity index (χ2v) is 8.08. The molecule has 0 spiro atoms. The Morgan fingerprint density at radius 1 is 0.900 bits per heavy atom. The molecule has 1 aliphatic carbocycles. The highest BCUT2D eigenvalue weighted by Gasteiger charge is 2.30. The van der Waals surface area contributed by atoms with Crippen LogP contribution in [0.5, 0.6) is 0 Å². The van der Waals surface area contributed by atoms with Crippen molar-refractivity contribution < 1.29 is 0 Å². The van der Waals surface area contributed by atoms with Crippen molar-refractivity contribution in [1.82, 2.24) is 5.32 Å². The smallest absolute Gasteiger partial charge is 0.00179 e. The molecule has 2 atom stereocenters. The van der Waals surface area contributed by atoms with Gasteiger partial charge in [0.1, 0.15) is 0 Å². The lowest BCUT2D eigenvalue weighted by atomic mass is 9.70. The lowest BCUT2D eigenvalue weighted by molar-refractivity contribution is 0.146. The Morgan fingerprint density at radius 2 is 1.65 bits per heavy atom. The molecular weight excluding hydrogens is 242 g/mol. The van der Waals surface area contributed by atoms with Crippen LogP contribution in [0.4, 0.5) is 0 Å². The highest BCUT2D eigenvalue weighted by atomic mass is 14.9. The van der Waals surface area contributed by atoms with Crippen molar-refractivity contribution in [3.8, 4) is 0 Å². The highest BCUT2D eigenvalue weighted by Crippen LogP contribution is 2.39. The molecular formula is C19H37N. The maximum Gasteiger partial charge on any atom is -0.00179 e. The van der Waals surface area contributed by atoms with Crippen LogP contribution in [0.15, 0.2) is 0 Å². The third-order valence-corrected chi connectivity index (χ3v) is 6.06. The molecule has 0 aromatic heterocycles. The maximum atomic E-state index is 3.60. The van der Waals surface area contributed by atoms with E-state index in [0.717, 1.165) is 29.6 Å². The lowest BCUT2D eigenvalue weighted by Gasteiger charge is -2.38. The van der Waals surface area contributed by atoms with E-state index in [9.17, 15) is 0 Å². The van der Waals surface area contributed by atoms with Crippen molar-refractivity contribution in [3.05, 3.63) is 0 Å². The van der Waals surface area contributed by atoms with Crippen LogP contribution in [-0.2, 0) is 0 Å². The molecule has 2 aliphatic rings. The Bertz CT molecular complexity index is 246. The summed E-state index contributed by atoms with van der Waals surface area (Å²) in [5, 5.41) is 3.60. The zero-order valence-corrected chi connectivity index (χ0v) is 14.2. The van der Waals surface area contributed by atoms with Crippen molar-refractivity contribution in [2.45, 2.75) is 78.6 Å². The zero-order valence-electron chi connectivity index (χ0n) is 14.2. The van der Waals surface area contributed by atoms with Gasteiger partial charge in [-0.15, -0.1) is 0 Å². The van der Waals surface area contributed by atoms with E-state index in [-0.39, 0.29) is 0 Å². The van der Waals surface area contributed by atoms with Crippen LogP contribution < -0.4 is 5.32 Å². The first-order chi connectivity index (χ1) is 9.66. The molecule has 1 N–H and O–H groups in total. The van der Waals surface area contributed by atoms with E-state index in [1.54, 1.807) is 0 Å². The molecule has 1 heterocycles. The molecule has 1 heteroatoms. The molecule has 0 aromatic rings. The predicted molar refractivity (Wildman–Crippen MR) is 88.9 cm³/mol. The Morgan fingerprint density at radius 3 is 2.25 bits per heavy atom. The first kappa shape index (κ1) is 16.3. The van der Waals surface area contributed by atoms with Gasteiger partial charge in [0.15, 0.2) is 0 Å². The van der Waals surface area contributed by atoms with Crippen molar-refractivity contribution in [3.63, 3.8) is 0 Å². The average molecular weight is 280 g/mol. The molecule has 0 radical (unpaired) electrons. The molecule has 1 saturated carbocycles. The first-order valence-corrected chi connectivity index (χ1v) is 9.37. The Hall–Kier alpha value is -0.0400. The monoisotopic (exact) mass is 279 g/mol.